The van der Waals surface area contributed by atoms with Crippen LogP contribution in [0.5, 0.6) is 0 Å². The van der Waals surface area contributed by atoms with E-state index in [1.807, 2.05) is 6.92 Å². The number of aromatic nitrogens is 1. The molecule has 11 heteroatoms. The highest BCUT2D eigenvalue weighted by Gasteiger charge is 2.32. The second-order valence-corrected chi connectivity index (χ2v) is 8.86. The molecule has 7 nitrogen and oxygen atoms in total. The summed E-state index contributed by atoms with van der Waals surface area (Å²) in [5, 5.41) is 8.33. The van der Waals surface area contributed by atoms with Gasteiger partial charge >= 0.3 is 6.18 Å². The molecule has 0 aliphatic rings. The molecule has 0 aliphatic heterocycles. The van der Waals surface area contributed by atoms with Crippen LogP contribution in [0.2, 0.25) is 0 Å². The third-order valence-corrected chi connectivity index (χ3v) is 5.86. The largest absolute Gasteiger partial charge is 0.425 e. The number of nitrogens with one attached hydrogen (secondary N) is 3. The van der Waals surface area contributed by atoms with Crippen LogP contribution in [0.3, 0.4) is 0 Å². The van der Waals surface area contributed by atoms with E-state index in [9.17, 15) is 22.8 Å². The van der Waals surface area contributed by atoms with Gasteiger partial charge in [-0.25, -0.2) is 4.98 Å². The van der Waals surface area contributed by atoms with E-state index < -0.39 is 17.1 Å². The standard InChI is InChI=1S/C21H28F3N5O2S/c1-12(8-16-5-6-17(32-16)21(22,23)24)9-26-11-19(30)29-14(3)20(31)27-10-15-4-7-18(25)28-13(15)2/h4-7,12,14,26H,8-11H2,1-3H3,(H2,25,28)(H,27,31)(H,29,30). The van der Waals surface area contributed by atoms with Gasteiger partial charge in [0.25, 0.3) is 0 Å². The van der Waals surface area contributed by atoms with E-state index in [4.69, 9.17) is 5.73 Å². The Bertz CT molecular complexity index is 932. The topological polar surface area (TPSA) is 109 Å². The van der Waals surface area contributed by atoms with Gasteiger partial charge in [-0.2, -0.15) is 13.2 Å². The highest BCUT2D eigenvalue weighted by atomic mass is 32.1. The van der Waals surface area contributed by atoms with Crippen molar-refractivity contribution in [1.82, 2.24) is 20.9 Å². The number of nitrogens with zero attached hydrogens (tertiary/aromatic N) is 1. The zero-order chi connectivity index (χ0) is 23.9. The smallest absolute Gasteiger partial charge is 0.384 e. The van der Waals surface area contributed by atoms with Gasteiger partial charge in [0.2, 0.25) is 11.8 Å². The van der Waals surface area contributed by atoms with Crippen molar-refractivity contribution < 1.29 is 22.8 Å². The van der Waals surface area contributed by atoms with Crippen molar-refractivity contribution in [1.29, 1.82) is 0 Å². The summed E-state index contributed by atoms with van der Waals surface area (Å²) in [6, 6.07) is 5.28. The van der Waals surface area contributed by atoms with Crippen molar-refractivity contribution in [2.24, 2.45) is 5.92 Å². The summed E-state index contributed by atoms with van der Waals surface area (Å²) in [5.74, 6) is -0.233. The summed E-state index contributed by atoms with van der Waals surface area (Å²) in [5.41, 5.74) is 7.16. The van der Waals surface area contributed by atoms with E-state index in [2.05, 4.69) is 20.9 Å². The van der Waals surface area contributed by atoms with Gasteiger partial charge in [0.05, 0.1) is 6.54 Å². The molecule has 176 valence electrons. The summed E-state index contributed by atoms with van der Waals surface area (Å²) in [7, 11) is 0. The first-order chi connectivity index (χ1) is 15.0. The maximum absolute atomic E-state index is 12.7. The Morgan fingerprint density at radius 1 is 1.19 bits per heavy atom. The van der Waals surface area contributed by atoms with Crippen LogP contribution in [-0.2, 0) is 28.7 Å². The summed E-state index contributed by atoms with van der Waals surface area (Å²) in [6.07, 6.45) is -3.84. The maximum Gasteiger partial charge on any atom is 0.425 e. The number of carbonyl (C=O) groups is 2. The molecule has 2 heterocycles. The number of nitrogen functional groups attached to an aromatic ring is 1. The minimum atomic E-state index is -4.32. The predicted octanol–water partition coefficient (Wildman–Crippen LogP) is 2.64. The van der Waals surface area contributed by atoms with Gasteiger partial charge in [0.1, 0.15) is 16.7 Å². The Kier molecular flexibility index (Phi) is 9.02. The first-order valence-corrected chi connectivity index (χ1v) is 10.9. The minimum absolute atomic E-state index is 0.00118. The van der Waals surface area contributed by atoms with Crippen LogP contribution < -0.4 is 21.7 Å². The third-order valence-electron chi connectivity index (χ3n) is 4.71. The van der Waals surface area contributed by atoms with Crippen LogP contribution in [0.4, 0.5) is 19.0 Å². The van der Waals surface area contributed by atoms with E-state index in [1.54, 1.807) is 26.0 Å². The fraction of sp³-hybridized carbons (Fsp3) is 0.476. The van der Waals surface area contributed by atoms with Crippen molar-refractivity contribution in [2.45, 2.75) is 46.0 Å². The number of hydrogen-bond acceptors (Lipinski definition) is 6. The van der Waals surface area contributed by atoms with Crippen molar-refractivity contribution in [2.75, 3.05) is 18.8 Å². The lowest BCUT2D eigenvalue weighted by Gasteiger charge is -2.16. The Morgan fingerprint density at radius 3 is 2.53 bits per heavy atom. The quantitative estimate of drug-likeness (QED) is 0.426. The molecular weight excluding hydrogens is 443 g/mol. The number of amides is 2. The van der Waals surface area contributed by atoms with Gasteiger partial charge in [0, 0.05) is 17.1 Å². The SMILES string of the molecule is Cc1nc(N)ccc1CNC(=O)C(C)NC(=O)CNCC(C)Cc1ccc(C(F)(F)F)s1. The first-order valence-electron chi connectivity index (χ1n) is 10.1. The molecule has 0 aromatic carbocycles. The lowest BCUT2D eigenvalue weighted by molar-refractivity contribution is -0.134. The molecule has 0 bridgehead atoms. The predicted molar refractivity (Wildman–Crippen MR) is 118 cm³/mol. The van der Waals surface area contributed by atoms with E-state index in [0.29, 0.717) is 23.7 Å². The molecule has 2 amide bonds. The lowest BCUT2D eigenvalue weighted by Crippen LogP contribution is -2.47. The molecule has 0 radical (unpaired) electrons. The molecule has 2 rings (SSSR count). The fourth-order valence-corrected chi connectivity index (χ4v) is 4.02. The second-order valence-electron chi connectivity index (χ2n) is 7.69. The number of thiophene rings is 1. The van der Waals surface area contributed by atoms with Crippen LogP contribution in [-0.4, -0.2) is 35.9 Å². The number of halogens is 3. The Morgan fingerprint density at radius 2 is 1.91 bits per heavy atom. The molecule has 0 fully saturated rings. The van der Waals surface area contributed by atoms with Gasteiger partial charge in [-0.1, -0.05) is 13.0 Å². The number of aryl methyl sites for hydroxylation is 1. The van der Waals surface area contributed by atoms with Crippen molar-refractivity contribution in [3.63, 3.8) is 0 Å². The molecule has 0 saturated heterocycles. The number of rotatable bonds is 10. The summed E-state index contributed by atoms with van der Waals surface area (Å²) >= 11 is 0.737. The molecule has 0 aliphatic carbocycles. The molecule has 2 unspecified atom stereocenters. The Labute approximate surface area is 189 Å². The van der Waals surface area contributed by atoms with Crippen molar-refractivity contribution >= 4 is 29.0 Å². The van der Waals surface area contributed by atoms with Gasteiger partial charge in [-0.15, -0.1) is 11.3 Å². The van der Waals surface area contributed by atoms with Crippen LogP contribution in [0.1, 0.15) is 34.9 Å². The van der Waals surface area contributed by atoms with E-state index in [-0.39, 0.29) is 30.8 Å². The zero-order valence-electron chi connectivity index (χ0n) is 18.2. The van der Waals surface area contributed by atoms with Gasteiger partial charge in [0.15, 0.2) is 0 Å². The Balaban J connectivity index is 1.68. The van der Waals surface area contributed by atoms with Gasteiger partial charge in [-0.3, -0.25) is 9.59 Å². The van der Waals surface area contributed by atoms with E-state index in [1.165, 1.54) is 6.07 Å². The fourth-order valence-electron chi connectivity index (χ4n) is 2.98. The molecule has 32 heavy (non-hydrogen) atoms. The zero-order valence-corrected chi connectivity index (χ0v) is 19.0. The maximum atomic E-state index is 12.7. The molecule has 5 N–H and O–H groups in total. The van der Waals surface area contributed by atoms with Crippen LogP contribution in [0.25, 0.3) is 0 Å². The van der Waals surface area contributed by atoms with Crippen LogP contribution in [0.15, 0.2) is 24.3 Å². The monoisotopic (exact) mass is 471 g/mol. The normalized spacial score (nSPS) is 13.4. The number of anilines is 1. The van der Waals surface area contributed by atoms with Crippen LogP contribution >= 0.6 is 11.3 Å². The number of nitrogens with two attached hydrogens (primary N) is 1. The second kappa shape index (κ2) is 11.3. The number of alkyl halides is 3. The number of hydrogen-bond donors (Lipinski definition) is 4. The molecular formula is C21H28F3N5O2S. The van der Waals surface area contributed by atoms with E-state index >= 15 is 0 Å². The summed E-state index contributed by atoms with van der Waals surface area (Å²) in [4.78, 5) is 28.5. The molecule has 2 aromatic heterocycles. The third kappa shape index (κ3) is 8.12. The average molecular weight is 472 g/mol. The van der Waals surface area contributed by atoms with Crippen molar-refractivity contribution in [3.8, 4) is 0 Å². The highest BCUT2D eigenvalue weighted by Crippen LogP contribution is 2.35. The minimum Gasteiger partial charge on any atom is -0.384 e. The van der Waals surface area contributed by atoms with Crippen molar-refractivity contribution in [3.05, 3.63) is 45.3 Å². The molecule has 2 atom stereocenters. The molecule has 2 aromatic rings. The lowest BCUT2D eigenvalue weighted by atomic mass is 10.1. The average Bonchev–Trinajstić information content (AvgIpc) is 3.15. The highest BCUT2D eigenvalue weighted by molar-refractivity contribution is 7.12. The van der Waals surface area contributed by atoms with Gasteiger partial charge < -0.3 is 21.7 Å². The number of carbonyl (C=O) groups excluding carboxylic acids is 2. The summed E-state index contributed by atoms with van der Waals surface area (Å²) < 4.78 is 38.0. The summed E-state index contributed by atoms with van der Waals surface area (Å²) in [6.45, 7) is 5.99. The molecule has 0 spiro atoms. The number of pyridine rings is 1. The Hall–Kier alpha value is -2.66. The van der Waals surface area contributed by atoms with E-state index in [0.717, 1.165) is 28.7 Å². The van der Waals surface area contributed by atoms with Gasteiger partial charge in [-0.05, 0) is 56.5 Å². The van der Waals surface area contributed by atoms with Crippen LogP contribution in [0, 0.1) is 12.8 Å². The first kappa shape index (κ1) is 25.6. The molecule has 0 saturated carbocycles.